The van der Waals surface area contributed by atoms with Crippen molar-refractivity contribution in [3.05, 3.63) is 56.4 Å². The maximum Gasteiger partial charge on any atom is 0.174 e. The molecule has 0 saturated heterocycles. The highest BCUT2D eigenvalue weighted by molar-refractivity contribution is 9.10. The van der Waals surface area contributed by atoms with Crippen LogP contribution in [0.2, 0.25) is 10.0 Å². The van der Waals surface area contributed by atoms with Gasteiger partial charge in [-0.25, -0.2) is 0 Å². The average molecular weight is 336 g/mol. The van der Waals surface area contributed by atoms with Crippen LogP contribution in [0.3, 0.4) is 0 Å². The molecule has 0 bridgehead atoms. The first-order valence-corrected chi connectivity index (χ1v) is 6.47. The van der Waals surface area contributed by atoms with Gasteiger partial charge in [0.1, 0.15) is 0 Å². The summed E-state index contributed by atoms with van der Waals surface area (Å²) in [5.74, 6) is 0. The molecule has 0 amide bonds. The van der Waals surface area contributed by atoms with E-state index < -0.39 is 6.10 Å². The molecule has 0 saturated carbocycles. The molecule has 1 unspecified atom stereocenters. The van der Waals surface area contributed by atoms with Crippen LogP contribution in [-0.4, -0.2) is 5.11 Å². The van der Waals surface area contributed by atoms with Gasteiger partial charge in [0.15, 0.2) is 4.67 Å². The molecule has 90 valence electrons. The van der Waals surface area contributed by atoms with E-state index in [0.29, 0.717) is 21.1 Å². The number of furan rings is 1. The van der Waals surface area contributed by atoms with Crippen molar-refractivity contribution >= 4 is 39.1 Å². The highest BCUT2D eigenvalue weighted by Gasteiger charge is 2.14. The average Bonchev–Trinajstić information content (AvgIpc) is 2.70. The molecular formula is C12H9BrCl2O2. The molecule has 1 aromatic heterocycles. The van der Waals surface area contributed by atoms with Gasteiger partial charge in [-0.15, -0.1) is 0 Å². The molecule has 0 fully saturated rings. The maximum absolute atomic E-state index is 10.0. The van der Waals surface area contributed by atoms with Gasteiger partial charge in [-0.3, -0.25) is 0 Å². The fraction of sp³-hybridized carbons (Fsp3) is 0.167. The topological polar surface area (TPSA) is 33.4 Å². The summed E-state index contributed by atoms with van der Waals surface area (Å²) in [6.07, 6.45) is 1.34. The second kappa shape index (κ2) is 5.44. The Morgan fingerprint density at radius 2 is 2.00 bits per heavy atom. The standard InChI is InChI=1S/C12H9BrCl2O2/c13-12-8(3-4-17-12)11(16)6-7-1-2-9(14)10(15)5-7/h1-5,11,16H,6H2. The molecule has 0 aliphatic carbocycles. The van der Waals surface area contributed by atoms with E-state index in [9.17, 15) is 5.11 Å². The fourth-order valence-electron chi connectivity index (χ4n) is 1.54. The van der Waals surface area contributed by atoms with Crippen LogP contribution in [-0.2, 0) is 6.42 Å². The van der Waals surface area contributed by atoms with Crippen LogP contribution < -0.4 is 0 Å². The Bertz CT molecular complexity index is 525. The fourth-order valence-corrected chi connectivity index (χ4v) is 2.37. The largest absolute Gasteiger partial charge is 0.457 e. The molecule has 2 rings (SSSR count). The third kappa shape index (κ3) is 3.05. The normalized spacial score (nSPS) is 12.7. The van der Waals surface area contributed by atoms with Crippen molar-refractivity contribution < 1.29 is 9.52 Å². The summed E-state index contributed by atoms with van der Waals surface area (Å²) < 4.78 is 5.62. The predicted octanol–water partition coefficient (Wildman–Crippen LogP) is 4.63. The Morgan fingerprint density at radius 3 is 2.59 bits per heavy atom. The zero-order valence-corrected chi connectivity index (χ0v) is 11.8. The van der Waals surface area contributed by atoms with Gasteiger partial charge in [0.2, 0.25) is 0 Å². The van der Waals surface area contributed by atoms with Gasteiger partial charge in [0.25, 0.3) is 0 Å². The maximum atomic E-state index is 10.0. The zero-order valence-electron chi connectivity index (χ0n) is 8.66. The number of rotatable bonds is 3. The summed E-state index contributed by atoms with van der Waals surface area (Å²) in [6.45, 7) is 0. The minimum atomic E-state index is -0.639. The molecule has 2 aromatic rings. The van der Waals surface area contributed by atoms with E-state index in [1.807, 2.05) is 6.07 Å². The first kappa shape index (κ1) is 13.0. The minimum absolute atomic E-state index is 0.453. The van der Waals surface area contributed by atoms with E-state index in [4.69, 9.17) is 27.6 Å². The van der Waals surface area contributed by atoms with E-state index in [1.165, 1.54) is 6.26 Å². The number of benzene rings is 1. The van der Waals surface area contributed by atoms with Gasteiger partial charge < -0.3 is 9.52 Å². The van der Waals surface area contributed by atoms with E-state index in [2.05, 4.69) is 15.9 Å². The first-order valence-electron chi connectivity index (χ1n) is 4.93. The molecule has 5 heteroatoms. The molecule has 1 atom stereocenters. The second-order valence-electron chi connectivity index (χ2n) is 3.62. The van der Waals surface area contributed by atoms with Crippen LogP contribution in [0.15, 0.2) is 39.6 Å². The van der Waals surface area contributed by atoms with E-state index in [-0.39, 0.29) is 0 Å². The summed E-state index contributed by atoms with van der Waals surface area (Å²) in [4.78, 5) is 0. The Morgan fingerprint density at radius 1 is 1.24 bits per heavy atom. The number of aliphatic hydroxyl groups is 1. The van der Waals surface area contributed by atoms with Crippen molar-refractivity contribution in [3.8, 4) is 0 Å². The minimum Gasteiger partial charge on any atom is -0.457 e. The number of aliphatic hydroxyl groups excluding tert-OH is 1. The molecule has 0 spiro atoms. The number of halogens is 3. The molecule has 1 N–H and O–H groups in total. The molecule has 1 heterocycles. The Kier molecular flexibility index (Phi) is 4.15. The summed E-state index contributed by atoms with van der Waals surface area (Å²) in [6, 6.07) is 7.04. The van der Waals surface area contributed by atoms with Gasteiger partial charge in [-0.05, 0) is 39.7 Å². The smallest absolute Gasteiger partial charge is 0.174 e. The molecule has 2 nitrogen and oxygen atoms in total. The molecule has 1 aromatic carbocycles. The highest BCUT2D eigenvalue weighted by atomic mass is 79.9. The van der Waals surface area contributed by atoms with Crippen LogP contribution in [0.25, 0.3) is 0 Å². The lowest BCUT2D eigenvalue weighted by atomic mass is 10.0. The quantitative estimate of drug-likeness (QED) is 0.887. The Labute approximate surface area is 117 Å². The van der Waals surface area contributed by atoms with Gasteiger partial charge in [0, 0.05) is 12.0 Å². The SMILES string of the molecule is OC(Cc1ccc(Cl)c(Cl)c1)c1ccoc1Br. The van der Waals surface area contributed by atoms with Gasteiger partial charge >= 0.3 is 0 Å². The first-order chi connectivity index (χ1) is 8.08. The third-order valence-corrected chi connectivity index (χ3v) is 3.80. The molecule has 0 radical (unpaired) electrons. The third-order valence-electron chi connectivity index (χ3n) is 2.42. The summed E-state index contributed by atoms with van der Waals surface area (Å²) in [5.41, 5.74) is 1.64. The van der Waals surface area contributed by atoms with Crippen molar-refractivity contribution in [2.45, 2.75) is 12.5 Å². The zero-order chi connectivity index (χ0) is 12.4. The molecule has 0 aliphatic rings. The molecule has 0 aliphatic heterocycles. The summed E-state index contributed by atoms with van der Waals surface area (Å²) >= 11 is 15.0. The van der Waals surface area contributed by atoms with Gasteiger partial charge in [-0.1, -0.05) is 29.3 Å². The highest BCUT2D eigenvalue weighted by Crippen LogP contribution is 2.29. The van der Waals surface area contributed by atoms with E-state index in [0.717, 1.165) is 11.1 Å². The van der Waals surface area contributed by atoms with Crippen LogP contribution in [0.4, 0.5) is 0 Å². The van der Waals surface area contributed by atoms with Crippen LogP contribution in [0.5, 0.6) is 0 Å². The van der Waals surface area contributed by atoms with Crippen molar-refractivity contribution in [2.24, 2.45) is 0 Å². The Hall–Kier alpha value is -0.480. The van der Waals surface area contributed by atoms with Crippen LogP contribution in [0.1, 0.15) is 17.2 Å². The second-order valence-corrected chi connectivity index (χ2v) is 5.15. The van der Waals surface area contributed by atoms with Crippen molar-refractivity contribution in [2.75, 3.05) is 0 Å². The van der Waals surface area contributed by atoms with Gasteiger partial charge in [0.05, 0.1) is 22.4 Å². The van der Waals surface area contributed by atoms with E-state index in [1.54, 1.807) is 18.2 Å². The molecule has 17 heavy (non-hydrogen) atoms. The summed E-state index contributed by atoms with van der Waals surface area (Å²) in [5, 5.41) is 11.0. The lowest BCUT2D eigenvalue weighted by Gasteiger charge is -2.09. The van der Waals surface area contributed by atoms with Crippen molar-refractivity contribution in [1.82, 2.24) is 0 Å². The monoisotopic (exact) mass is 334 g/mol. The van der Waals surface area contributed by atoms with Crippen LogP contribution in [0, 0.1) is 0 Å². The lowest BCUT2D eigenvalue weighted by Crippen LogP contribution is -2.01. The lowest BCUT2D eigenvalue weighted by molar-refractivity contribution is 0.176. The predicted molar refractivity (Wildman–Crippen MR) is 71.5 cm³/mol. The van der Waals surface area contributed by atoms with Crippen LogP contribution >= 0.6 is 39.1 Å². The Balaban J connectivity index is 2.16. The van der Waals surface area contributed by atoms with Crippen molar-refractivity contribution in [3.63, 3.8) is 0 Å². The number of hydrogen-bond acceptors (Lipinski definition) is 2. The summed E-state index contributed by atoms with van der Waals surface area (Å²) in [7, 11) is 0. The van der Waals surface area contributed by atoms with E-state index >= 15 is 0 Å². The van der Waals surface area contributed by atoms with Crippen molar-refractivity contribution in [1.29, 1.82) is 0 Å². The van der Waals surface area contributed by atoms with Gasteiger partial charge in [-0.2, -0.15) is 0 Å². The molecular weight excluding hydrogens is 327 g/mol. The number of hydrogen-bond donors (Lipinski definition) is 1.